The van der Waals surface area contributed by atoms with Crippen LogP contribution in [0.1, 0.15) is 43.7 Å². The van der Waals surface area contributed by atoms with Crippen LogP contribution in [0, 0.1) is 6.92 Å². The van der Waals surface area contributed by atoms with Gasteiger partial charge in [0.2, 0.25) is 0 Å². The number of benzene rings is 2. The zero-order valence-corrected chi connectivity index (χ0v) is 16.0. The first-order valence-electron chi connectivity index (χ1n) is 9.78. The van der Waals surface area contributed by atoms with Crippen LogP contribution in [-0.4, -0.2) is 18.1 Å². The Morgan fingerprint density at radius 3 is 2.54 bits per heavy atom. The fourth-order valence-corrected chi connectivity index (χ4v) is 3.42. The second-order valence-corrected chi connectivity index (χ2v) is 6.95. The first-order valence-corrected chi connectivity index (χ1v) is 9.78. The topological polar surface area (TPSA) is 51.0 Å². The van der Waals surface area contributed by atoms with E-state index >= 15 is 0 Å². The van der Waals surface area contributed by atoms with Gasteiger partial charge in [-0.05, 0) is 80.1 Å². The molecule has 0 saturated carbocycles. The highest BCUT2D eigenvalue weighted by molar-refractivity contribution is 5.92. The van der Waals surface area contributed by atoms with E-state index in [1.54, 1.807) is 0 Å². The van der Waals surface area contributed by atoms with Gasteiger partial charge in [0.05, 0.1) is 6.61 Å². The number of rotatable bonds is 9. The van der Waals surface area contributed by atoms with E-state index in [0.717, 1.165) is 51.0 Å². The zero-order valence-electron chi connectivity index (χ0n) is 16.0. The Morgan fingerprint density at radius 2 is 1.81 bits per heavy atom. The monoisotopic (exact) mass is 350 g/mol. The zero-order chi connectivity index (χ0) is 18.4. The molecular weight excluding hydrogens is 320 g/mol. The molecule has 0 aliphatic carbocycles. The normalized spacial score (nSPS) is 11.2. The van der Waals surface area contributed by atoms with Gasteiger partial charge in [0.15, 0.2) is 0 Å². The molecule has 1 aromatic heterocycles. The smallest absolute Gasteiger partial charge is 0.119 e. The summed E-state index contributed by atoms with van der Waals surface area (Å²) < 4.78 is 5.80. The highest BCUT2D eigenvalue weighted by Gasteiger charge is 2.14. The minimum Gasteiger partial charge on any atom is -0.494 e. The van der Waals surface area contributed by atoms with Crippen LogP contribution in [0.3, 0.4) is 0 Å². The van der Waals surface area contributed by atoms with Gasteiger partial charge in [-0.15, -0.1) is 0 Å². The summed E-state index contributed by atoms with van der Waals surface area (Å²) in [6.07, 6.45) is 5.46. The third-order valence-corrected chi connectivity index (χ3v) is 4.94. The van der Waals surface area contributed by atoms with Crippen molar-refractivity contribution in [3.8, 4) is 17.0 Å². The third-order valence-electron chi connectivity index (χ3n) is 4.94. The lowest BCUT2D eigenvalue weighted by atomic mass is 9.99. The van der Waals surface area contributed by atoms with Gasteiger partial charge in [-0.25, -0.2) is 0 Å². The highest BCUT2D eigenvalue weighted by atomic mass is 16.5. The molecule has 0 radical (unpaired) electrons. The summed E-state index contributed by atoms with van der Waals surface area (Å²) in [7, 11) is 0. The number of hydrogen-bond acceptors (Lipinski definition) is 2. The number of aromatic amines is 1. The first-order chi connectivity index (χ1) is 12.7. The predicted molar refractivity (Wildman–Crippen MR) is 111 cm³/mol. The lowest BCUT2D eigenvalue weighted by Gasteiger charge is -2.08. The molecule has 3 aromatic rings. The molecule has 3 N–H and O–H groups in total. The summed E-state index contributed by atoms with van der Waals surface area (Å²) in [4.78, 5) is 3.68. The summed E-state index contributed by atoms with van der Waals surface area (Å²) in [5.41, 5.74) is 12.1. The van der Waals surface area contributed by atoms with Gasteiger partial charge in [0.25, 0.3) is 0 Å². The SMILES string of the molecule is CCCCOc1ccc(-c2[nH]c3c(C)cccc3c2CCCCN)cc1. The van der Waals surface area contributed by atoms with Crippen molar-refractivity contribution in [2.24, 2.45) is 5.73 Å². The molecular formula is C23H30N2O. The number of ether oxygens (including phenoxy) is 1. The molecule has 0 atom stereocenters. The first kappa shape index (κ1) is 18.5. The molecule has 0 fully saturated rings. The minimum atomic E-state index is 0.751. The molecule has 3 rings (SSSR count). The molecule has 2 aromatic carbocycles. The van der Waals surface area contributed by atoms with Gasteiger partial charge >= 0.3 is 0 Å². The van der Waals surface area contributed by atoms with E-state index in [9.17, 15) is 0 Å². The maximum absolute atomic E-state index is 5.80. The lowest BCUT2D eigenvalue weighted by molar-refractivity contribution is 0.309. The minimum absolute atomic E-state index is 0.751. The number of aromatic nitrogens is 1. The standard InChI is InChI=1S/C23H30N2O/c1-3-4-16-26-19-13-11-18(12-14-19)23-21(9-5-6-15-24)20-10-7-8-17(2)22(20)25-23/h7-8,10-14,25H,3-6,9,15-16,24H2,1-2H3. The Bertz CT molecular complexity index is 833. The van der Waals surface area contributed by atoms with Crippen LogP contribution in [0.25, 0.3) is 22.2 Å². The van der Waals surface area contributed by atoms with Crippen molar-refractivity contribution in [2.45, 2.75) is 46.0 Å². The van der Waals surface area contributed by atoms with E-state index in [1.807, 2.05) is 0 Å². The van der Waals surface area contributed by atoms with Crippen molar-refractivity contribution in [1.82, 2.24) is 4.98 Å². The fraction of sp³-hybridized carbons (Fsp3) is 0.391. The molecule has 0 aliphatic rings. The Labute approximate surface area is 156 Å². The second kappa shape index (κ2) is 8.91. The van der Waals surface area contributed by atoms with Gasteiger partial charge in [0, 0.05) is 16.6 Å². The number of H-pyrrole nitrogens is 1. The van der Waals surface area contributed by atoms with E-state index in [4.69, 9.17) is 10.5 Å². The van der Waals surface area contributed by atoms with Gasteiger partial charge < -0.3 is 15.5 Å². The lowest BCUT2D eigenvalue weighted by Crippen LogP contribution is -1.99. The molecule has 0 spiro atoms. The second-order valence-electron chi connectivity index (χ2n) is 6.95. The Hall–Kier alpha value is -2.26. The van der Waals surface area contributed by atoms with Gasteiger partial charge in [-0.3, -0.25) is 0 Å². The van der Waals surface area contributed by atoms with Crippen molar-refractivity contribution >= 4 is 10.9 Å². The van der Waals surface area contributed by atoms with Crippen molar-refractivity contribution in [3.63, 3.8) is 0 Å². The number of para-hydroxylation sites is 1. The molecule has 26 heavy (non-hydrogen) atoms. The molecule has 0 unspecified atom stereocenters. The summed E-state index contributed by atoms with van der Waals surface area (Å²) >= 11 is 0. The largest absolute Gasteiger partial charge is 0.494 e. The van der Waals surface area contributed by atoms with E-state index in [1.165, 1.54) is 33.3 Å². The number of unbranched alkanes of at least 4 members (excludes halogenated alkanes) is 2. The van der Waals surface area contributed by atoms with Gasteiger partial charge in [-0.2, -0.15) is 0 Å². The van der Waals surface area contributed by atoms with Crippen LogP contribution in [-0.2, 0) is 6.42 Å². The molecule has 138 valence electrons. The van der Waals surface area contributed by atoms with Crippen LogP contribution in [0.4, 0.5) is 0 Å². The molecule has 1 heterocycles. The number of hydrogen-bond donors (Lipinski definition) is 2. The van der Waals surface area contributed by atoms with Crippen LogP contribution >= 0.6 is 0 Å². The molecule has 0 bridgehead atoms. The molecule has 0 amide bonds. The Balaban J connectivity index is 1.92. The van der Waals surface area contributed by atoms with Crippen LogP contribution in [0.15, 0.2) is 42.5 Å². The molecule has 0 aliphatic heterocycles. The Morgan fingerprint density at radius 1 is 1.00 bits per heavy atom. The van der Waals surface area contributed by atoms with Crippen LogP contribution in [0.5, 0.6) is 5.75 Å². The summed E-state index contributed by atoms with van der Waals surface area (Å²) in [6, 6.07) is 15.0. The highest BCUT2D eigenvalue weighted by Crippen LogP contribution is 2.33. The summed E-state index contributed by atoms with van der Waals surface area (Å²) in [5.74, 6) is 0.944. The summed E-state index contributed by atoms with van der Waals surface area (Å²) in [6.45, 7) is 5.87. The predicted octanol–water partition coefficient (Wildman–Crippen LogP) is 5.60. The average molecular weight is 351 g/mol. The molecule has 3 nitrogen and oxygen atoms in total. The maximum Gasteiger partial charge on any atom is 0.119 e. The maximum atomic E-state index is 5.80. The van der Waals surface area contributed by atoms with Crippen molar-refractivity contribution < 1.29 is 4.74 Å². The van der Waals surface area contributed by atoms with Gasteiger partial charge in [0.1, 0.15) is 5.75 Å². The van der Waals surface area contributed by atoms with Crippen LogP contribution < -0.4 is 10.5 Å². The van der Waals surface area contributed by atoms with Crippen LogP contribution in [0.2, 0.25) is 0 Å². The summed E-state index contributed by atoms with van der Waals surface area (Å²) in [5, 5.41) is 1.33. The van der Waals surface area contributed by atoms with Gasteiger partial charge in [-0.1, -0.05) is 31.5 Å². The van der Waals surface area contributed by atoms with Crippen molar-refractivity contribution in [2.75, 3.05) is 13.2 Å². The number of aryl methyl sites for hydroxylation is 2. The quantitative estimate of drug-likeness (QED) is 0.493. The molecule has 0 saturated heterocycles. The molecule has 3 heteroatoms. The number of nitrogens with one attached hydrogen (secondary N) is 1. The Kier molecular flexibility index (Phi) is 6.35. The van der Waals surface area contributed by atoms with E-state index in [-0.39, 0.29) is 0 Å². The van der Waals surface area contributed by atoms with Crippen molar-refractivity contribution in [3.05, 3.63) is 53.6 Å². The van der Waals surface area contributed by atoms with E-state index in [2.05, 4.69) is 61.3 Å². The average Bonchev–Trinajstić information content (AvgIpc) is 3.03. The van der Waals surface area contributed by atoms with E-state index < -0.39 is 0 Å². The fourth-order valence-electron chi connectivity index (χ4n) is 3.42. The number of nitrogens with two attached hydrogens (primary N) is 1. The van der Waals surface area contributed by atoms with E-state index in [0.29, 0.717) is 0 Å². The van der Waals surface area contributed by atoms with Crippen molar-refractivity contribution in [1.29, 1.82) is 0 Å². The third kappa shape index (κ3) is 4.10. The number of fused-ring (bicyclic) bond motifs is 1.